The number of furan rings is 2. The molecule has 0 fully saturated rings. The van der Waals surface area contributed by atoms with Crippen molar-refractivity contribution in [2.75, 3.05) is 0 Å². The Morgan fingerprint density at radius 2 is 1.93 bits per heavy atom. The molecule has 0 spiro atoms. The van der Waals surface area contributed by atoms with Gasteiger partial charge in [-0.15, -0.1) is 0 Å². The average molecular weight is 186 g/mol. The minimum atomic E-state index is 0.296. The molecule has 0 saturated carbocycles. The van der Waals surface area contributed by atoms with Gasteiger partial charge in [0.2, 0.25) is 0 Å². The van der Waals surface area contributed by atoms with Crippen LogP contribution in [0.2, 0.25) is 0 Å². The Bertz CT molecular complexity index is 616. The number of carbonyl (C=O) groups is 1. The molecule has 0 N–H and O–H groups in total. The maximum absolute atomic E-state index is 10.5. The van der Waals surface area contributed by atoms with Crippen LogP contribution >= 0.6 is 0 Å². The maximum Gasteiger partial charge on any atom is 0.185 e. The number of benzene rings is 1. The van der Waals surface area contributed by atoms with Gasteiger partial charge >= 0.3 is 0 Å². The van der Waals surface area contributed by atoms with Crippen LogP contribution in [0, 0.1) is 0 Å². The van der Waals surface area contributed by atoms with Crippen molar-refractivity contribution >= 4 is 28.4 Å². The quantitative estimate of drug-likeness (QED) is 0.548. The lowest BCUT2D eigenvalue weighted by Crippen LogP contribution is -1.68. The lowest BCUT2D eigenvalue weighted by atomic mass is 10.2. The molecule has 3 rings (SSSR count). The first-order valence-corrected chi connectivity index (χ1v) is 4.25. The molecule has 0 aliphatic heterocycles. The van der Waals surface area contributed by atoms with Gasteiger partial charge in [-0.25, -0.2) is 0 Å². The summed E-state index contributed by atoms with van der Waals surface area (Å²) in [6, 6.07) is 9.17. The second kappa shape index (κ2) is 2.48. The number of rotatable bonds is 1. The van der Waals surface area contributed by atoms with E-state index < -0.39 is 0 Å². The molecule has 3 aromatic rings. The van der Waals surface area contributed by atoms with E-state index in [9.17, 15) is 4.79 Å². The van der Waals surface area contributed by atoms with Crippen LogP contribution in [-0.4, -0.2) is 6.29 Å². The van der Waals surface area contributed by atoms with Gasteiger partial charge < -0.3 is 8.83 Å². The smallest absolute Gasteiger partial charge is 0.185 e. The van der Waals surface area contributed by atoms with Gasteiger partial charge in [-0.1, -0.05) is 12.1 Å². The van der Waals surface area contributed by atoms with E-state index in [4.69, 9.17) is 8.83 Å². The Kier molecular flexibility index (Phi) is 1.31. The Labute approximate surface area is 78.9 Å². The van der Waals surface area contributed by atoms with Gasteiger partial charge in [0, 0.05) is 6.07 Å². The van der Waals surface area contributed by atoms with Crippen molar-refractivity contribution in [3.63, 3.8) is 0 Å². The van der Waals surface area contributed by atoms with Crippen molar-refractivity contribution in [2.45, 2.75) is 0 Å². The fourth-order valence-electron chi connectivity index (χ4n) is 1.58. The zero-order chi connectivity index (χ0) is 9.54. The fraction of sp³-hybridized carbons (Fsp3) is 0. The molecule has 2 heterocycles. The van der Waals surface area contributed by atoms with Gasteiger partial charge in [-0.05, 0) is 12.1 Å². The SMILES string of the molecule is O=Cc1cc2oc3ccccc3c2o1. The highest BCUT2D eigenvalue weighted by Crippen LogP contribution is 2.30. The van der Waals surface area contributed by atoms with Crippen LogP contribution in [0.5, 0.6) is 0 Å². The van der Waals surface area contributed by atoms with Crippen LogP contribution in [0.3, 0.4) is 0 Å². The van der Waals surface area contributed by atoms with Crippen LogP contribution in [-0.2, 0) is 0 Å². The van der Waals surface area contributed by atoms with Gasteiger partial charge in [0.1, 0.15) is 5.58 Å². The summed E-state index contributed by atoms with van der Waals surface area (Å²) in [5, 5.41) is 0.899. The van der Waals surface area contributed by atoms with Crippen molar-refractivity contribution in [3.8, 4) is 0 Å². The van der Waals surface area contributed by atoms with Crippen LogP contribution in [0.1, 0.15) is 10.6 Å². The number of aldehydes is 1. The zero-order valence-electron chi connectivity index (χ0n) is 7.19. The third-order valence-electron chi connectivity index (χ3n) is 2.18. The number of hydrogen-bond donors (Lipinski definition) is 0. The van der Waals surface area contributed by atoms with Gasteiger partial charge in [-0.2, -0.15) is 0 Å². The summed E-state index contributed by atoms with van der Waals surface area (Å²) >= 11 is 0. The van der Waals surface area contributed by atoms with Gasteiger partial charge in [0.05, 0.1) is 5.39 Å². The molecule has 1 aromatic carbocycles. The second-order valence-corrected chi connectivity index (χ2v) is 3.06. The summed E-state index contributed by atoms with van der Waals surface area (Å²) in [5.41, 5.74) is 2.04. The van der Waals surface area contributed by atoms with Crippen molar-refractivity contribution in [3.05, 3.63) is 36.1 Å². The molecule has 3 nitrogen and oxygen atoms in total. The molecule has 2 aromatic heterocycles. The molecular formula is C11H6O3. The summed E-state index contributed by atoms with van der Waals surface area (Å²) in [7, 11) is 0. The first kappa shape index (κ1) is 7.38. The van der Waals surface area contributed by atoms with Crippen molar-refractivity contribution in [1.82, 2.24) is 0 Å². The van der Waals surface area contributed by atoms with E-state index in [2.05, 4.69) is 0 Å². The van der Waals surface area contributed by atoms with Crippen molar-refractivity contribution in [1.29, 1.82) is 0 Å². The minimum Gasteiger partial charge on any atom is -0.452 e. The summed E-state index contributed by atoms with van der Waals surface area (Å²) in [4.78, 5) is 10.5. The fourth-order valence-corrected chi connectivity index (χ4v) is 1.58. The maximum atomic E-state index is 10.5. The summed E-state index contributed by atoms with van der Waals surface area (Å²) in [6.07, 6.45) is 0.671. The molecular weight excluding hydrogens is 180 g/mol. The molecule has 0 aliphatic rings. The molecule has 14 heavy (non-hydrogen) atoms. The normalized spacial score (nSPS) is 11.1. The molecule has 68 valence electrons. The molecule has 0 bridgehead atoms. The van der Waals surface area contributed by atoms with Gasteiger partial charge in [-0.3, -0.25) is 4.79 Å². The van der Waals surface area contributed by atoms with Crippen molar-refractivity contribution in [2.24, 2.45) is 0 Å². The molecule has 0 saturated heterocycles. The molecule has 0 amide bonds. The molecule has 0 unspecified atom stereocenters. The van der Waals surface area contributed by atoms with E-state index in [0.717, 1.165) is 11.0 Å². The second-order valence-electron chi connectivity index (χ2n) is 3.06. The molecule has 0 aliphatic carbocycles. The monoisotopic (exact) mass is 186 g/mol. The third kappa shape index (κ3) is 0.836. The highest BCUT2D eigenvalue weighted by atomic mass is 16.4. The largest absolute Gasteiger partial charge is 0.452 e. The lowest BCUT2D eigenvalue weighted by molar-refractivity contribution is 0.110. The predicted octanol–water partition coefficient (Wildman–Crippen LogP) is 2.99. The van der Waals surface area contributed by atoms with Gasteiger partial charge in [0.25, 0.3) is 0 Å². The Morgan fingerprint density at radius 1 is 1.07 bits per heavy atom. The topological polar surface area (TPSA) is 43.4 Å². The first-order chi connectivity index (χ1) is 6.88. The highest BCUT2D eigenvalue weighted by molar-refractivity contribution is 6.02. The minimum absolute atomic E-state index is 0.296. The van der Waals surface area contributed by atoms with E-state index in [0.29, 0.717) is 23.2 Å². The van der Waals surface area contributed by atoms with Crippen molar-refractivity contribution < 1.29 is 13.6 Å². The highest BCUT2D eigenvalue weighted by Gasteiger charge is 2.11. The van der Waals surface area contributed by atoms with Crippen LogP contribution in [0.25, 0.3) is 22.1 Å². The van der Waals surface area contributed by atoms with Crippen LogP contribution < -0.4 is 0 Å². The average Bonchev–Trinajstić information content (AvgIpc) is 2.73. The molecule has 0 atom stereocenters. The van der Waals surface area contributed by atoms with Crippen LogP contribution in [0.15, 0.2) is 39.2 Å². The van der Waals surface area contributed by atoms with E-state index in [1.54, 1.807) is 6.07 Å². The molecule has 3 heteroatoms. The van der Waals surface area contributed by atoms with E-state index in [1.807, 2.05) is 24.3 Å². The first-order valence-electron chi connectivity index (χ1n) is 4.25. The molecule has 0 radical (unpaired) electrons. The summed E-state index contributed by atoms with van der Waals surface area (Å²) in [6.45, 7) is 0. The van der Waals surface area contributed by atoms with E-state index in [1.165, 1.54) is 0 Å². The number of para-hydroxylation sites is 1. The lowest BCUT2D eigenvalue weighted by Gasteiger charge is -1.84. The Morgan fingerprint density at radius 3 is 2.79 bits per heavy atom. The number of hydrogen-bond acceptors (Lipinski definition) is 3. The summed E-state index contributed by atoms with van der Waals surface area (Å²) < 4.78 is 10.8. The number of fused-ring (bicyclic) bond motifs is 3. The van der Waals surface area contributed by atoms with Crippen LogP contribution in [0.4, 0.5) is 0 Å². The third-order valence-corrected chi connectivity index (χ3v) is 2.18. The standard InChI is InChI=1S/C11H6O3/c12-6-7-5-10-11(13-7)8-3-1-2-4-9(8)14-10/h1-6H. The van der Waals surface area contributed by atoms with Gasteiger partial charge in [0.15, 0.2) is 23.2 Å². The Hall–Kier alpha value is -2.03. The van der Waals surface area contributed by atoms with E-state index >= 15 is 0 Å². The van der Waals surface area contributed by atoms with E-state index in [-0.39, 0.29) is 0 Å². The zero-order valence-corrected chi connectivity index (χ0v) is 7.19. The number of carbonyl (C=O) groups excluding carboxylic acids is 1. The Balaban J connectivity index is 2.50. The predicted molar refractivity (Wildman–Crippen MR) is 51.4 cm³/mol. The summed E-state index contributed by atoms with van der Waals surface area (Å²) in [5.74, 6) is 0.296.